The van der Waals surface area contributed by atoms with Crippen molar-refractivity contribution in [1.82, 2.24) is 4.90 Å². The van der Waals surface area contributed by atoms with Gasteiger partial charge in [0.05, 0.1) is 0 Å². The van der Waals surface area contributed by atoms with Crippen LogP contribution in [0.1, 0.15) is 74.1 Å². The largest absolute Gasteiger partial charge is 0.360 e. The van der Waals surface area contributed by atoms with Crippen LogP contribution in [0.4, 0.5) is 0 Å². The average molecular weight is 295 g/mol. The highest BCUT2D eigenvalue weighted by Gasteiger charge is 2.15. The fourth-order valence-electron chi connectivity index (χ4n) is 2.02. The molecular weight excluding hydrogens is 256 g/mol. The molecule has 2 nitrogen and oxygen atoms in total. The lowest BCUT2D eigenvalue weighted by Crippen LogP contribution is -2.36. The van der Waals surface area contributed by atoms with Crippen LogP contribution >= 0.6 is 0 Å². The van der Waals surface area contributed by atoms with E-state index in [2.05, 4.69) is 46.1 Å². The molecule has 0 saturated carbocycles. The number of nitrogens with zero attached hydrogens (tertiary/aromatic N) is 2. The normalized spacial score (nSPS) is 13.3. The first-order chi connectivity index (χ1) is 10.1. The van der Waals surface area contributed by atoms with Crippen LogP contribution in [0.3, 0.4) is 0 Å². The topological polar surface area (TPSA) is 15.6 Å². The summed E-state index contributed by atoms with van der Waals surface area (Å²) in [7, 11) is 0. The van der Waals surface area contributed by atoms with Gasteiger partial charge in [-0.15, -0.1) is 0 Å². The summed E-state index contributed by atoms with van der Waals surface area (Å²) in [5.74, 6) is 1.75. The number of allylic oxidation sites excluding steroid dienone is 2. The smallest absolute Gasteiger partial charge is 0.107 e. The third kappa shape index (κ3) is 9.49. The fourth-order valence-corrected chi connectivity index (χ4v) is 2.02. The van der Waals surface area contributed by atoms with Gasteiger partial charge in [-0.1, -0.05) is 61.1 Å². The molecule has 0 radical (unpaired) electrons. The number of hydrogen-bond donors (Lipinski definition) is 0. The van der Waals surface area contributed by atoms with Crippen LogP contribution in [0.2, 0.25) is 0 Å². The van der Waals surface area contributed by atoms with Crippen LogP contribution < -0.4 is 0 Å². The zero-order valence-corrected chi connectivity index (χ0v) is 15.6. The molecule has 0 amide bonds. The maximum Gasteiger partial charge on any atom is 0.107 e. The van der Waals surface area contributed by atoms with E-state index in [1.54, 1.807) is 0 Å². The van der Waals surface area contributed by atoms with E-state index in [9.17, 15) is 0 Å². The third-order valence-corrected chi connectivity index (χ3v) is 3.40. The number of rotatable bonds is 9. The molecule has 0 spiro atoms. The lowest BCUT2D eigenvalue weighted by atomic mass is 10.1. The quantitative estimate of drug-likeness (QED) is 0.287. The first-order valence-corrected chi connectivity index (χ1v) is 8.78. The van der Waals surface area contributed by atoms with E-state index in [1.807, 2.05) is 26.1 Å². The number of amidine groups is 1. The summed E-state index contributed by atoms with van der Waals surface area (Å²) < 4.78 is 0. The minimum Gasteiger partial charge on any atom is -0.360 e. The summed E-state index contributed by atoms with van der Waals surface area (Å²) in [6.07, 6.45) is 8.35. The maximum atomic E-state index is 4.78. The van der Waals surface area contributed by atoms with Crippen molar-refractivity contribution >= 4 is 5.84 Å². The first-order valence-electron chi connectivity index (χ1n) is 8.78. The Kier molecular flexibility index (Phi) is 16.2. The molecule has 1 atom stereocenters. The molecule has 0 aliphatic carbocycles. The Balaban J connectivity index is 0. The predicted molar refractivity (Wildman–Crippen MR) is 99.0 cm³/mol. The molecule has 2 heteroatoms. The van der Waals surface area contributed by atoms with Crippen LogP contribution in [0.5, 0.6) is 0 Å². The molecule has 0 aromatic carbocycles. The Morgan fingerprint density at radius 3 is 1.95 bits per heavy atom. The minimum absolute atomic E-state index is 0.511. The standard InChI is InChI=1S/C17H32N2.C2H6/c1-7-12-19(13-8-2)17(15(6)9-3)18-14-16(10-4)11-5;1-2/h10,14-15H,4,7-9,11-13H2,1-3,5-6H3;1-2H3/b16-14+,18-17?;. The molecule has 0 fully saturated rings. The summed E-state index contributed by atoms with van der Waals surface area (Å²) in [6, 6.07) is 0. The molecule has 0 aromatic rings. The van der Waals surface area contributed by atoms with Gasteiger partial charge in [-0.2, -0.15) is 0 Å². The van der Waals surface area contributed by atoms with E-state index in [0.717, 1.165) is 25.9 Å². The molecule has 0 saturated heterocycles. The van der Waals surface area contributed by atoms with Gasteiger partial charge in [0, 0.05) is 25.2 Å². The van der Waals surface area contributed by atoms with Gasteiger partial charge in [-0.05, 0) is 31.3 Å². The molecule has 0 aliphatic heterocycles. The lowest BCUT2D eigenvalue weighted by Gasteiger charge is -2.28. The van der Waals surface area contributed by atoms with E-state index in [-0.39, 0.29) is 0 Å². The number of aliphatic imine (C=N–C) groups is 1. The van der Waals surface area contributed by atoms with Gasteiger partial charge in [0.25, 0.3) is 0 Å². The molecule has 0 aromatic heterocycles. The van der Waals surface area contributed by atoms with Gasteiger partial charge in [-0.25, -0.2) is 4.99 Å². The second-order valence-electron chi connectivity index (χ2n) is 5.05. The first kappa shape index (κ1) is 22.2. The molecule has 124 valence electrons. The van der Waals surface area contributed by atoms with E-state index >= 15 is 0 Å². The van der Waals surface area contributed by atoms with Crippen molar-refractivity contribution in [2.75, 3.05) is 13.1 Å². The molecule has 21 heavy (non-hydrogen) atoms. The van der Waals surface area contributed by atoms with Crippen molar-refractivity contribution in [1.29, 1.82) is 0 Å². The van der Waals surface area contributed by atoms with Crippen LogP contribution in [-0.2, 0) is 0 Å². The highest BCUT2D eigenvalue weighted by molar-refractivity contribution is 5.85. The van der Waals surface area contributed by atoms with Crippen LogP contribution in [0.15, 0.2) is 29.4 Å². The highest BCUT2D eigenvalue weighted by atomic mass is 15.2. The van der Waals surface area contributed by atoms with E-state index < -0.39 is 0 Å². The minimum atomic E-state index is 0.511. The zero-order chi connectivity index (χ0) is 16.7. The van der Waals surface area contributed by atoms with E-state index in [0.29, 0.717) is 5.92 Å². The van der Waals surface area contributed by atoms with E-state index in [4.69, 9.17) is 4.99 Å². The van der Waals surface area contributed by atoms with Crippen molar-refractivity contribution in [2.45, 2.75) is 74.1 Å². The van der Waals surface area contributed by atoms with Crippen molar-refractivity contribution in [2.24, 2.45) is 10.9 Å². The third-order valence-electron chi connectivity index (χ3n) is 3.40. The summed E-state index contributed by atoms with van der Waals surface area (Å²) in [5.41, 5.74) is 1.20. The Hall–Kier alpha value is -1.05. The fraction of sp³-hybridized carbons (Fsp3) is 0.737. The molecular formula is C19H38N2. The predicted octanol–water partition coefficient (Wildman–Crippen LogP) is 6.06. The van der Waals surface area contributed by atoms with Crippen molar-refractivity contribution in [3.8, 4) is 0 Å². The van der Waals surface area contributed by atoms with Crippen LogP contribution in [0, 0.1) is 5.92 Å². The maximum absolute atomic E-state index is 4.78. The summed E-state index contributed by atoms with van der Waals surface area (Å²) in [4.78, 5) is 7.23. The Labute approximate surface area is 134 Å². The van der Waals surface area contributed by atoms with Crippen molar-refractivity contribution in [3.63, 3.8) is 0 Å². The molecule has 0 rings (SSSR count). The van der Waals surface area contributed by atoms with Gasteiger partial charge in [0.15, 0.2) is 0 Å². The van der Waals surface area contributed by atoms with Gasteiger partial charge < -0.3 is 4.90 Å². The molecule has 0 aliphatic rings. The van der Waals surface area contributed by atoms with Crippen molar-refractivity contribution in [3.05, 3.63) is 24.4 Å². The van der Waals surface area contributed by atoms with E-state index in [1.165, 1.54) is 24.3 Å². The van der Waals surface area contributed by atoms with Crippen molar-refractivity contribution < 1.29 is 0 Å². The van der Waals surface area contributed by atoms with Crippen LogP contribution in [-0.4, -0.2) is 23.8 Å². The second kappa shape index (κ2) is 15.3. The lowest BCUT2D eigenvalue weighted by molar-refractivity contribution is 0.392. The van der Waals surface area contributed by atoms with Gasteiger partial charge in [0.1, 0.15) is 5.84 Å². The summed E-state index contributed by atoms with van der Waals surface area (Å²) in [6.45, 7) is 21.1. The second-order valence-corrected chi connectivity index (χ2v) is 5.05. The van der Waals surface area contributed by atoms with Gasteiger partial charge in [0.2, 0.25) is 0 Å². The van der Waals surface area contributed by atoms with Crippen LogP contribution in [0.25, 0.3) is 0 Å². The average Bonchev–Trinajstić information content (AvgIpc) is 2.53. The monoisotopic (exact) mass is 294 g/mol. The molecule has 0 N–H and O–H groups in total. The Morgan fingerprint density at radius 1 is 1.10 bits per heavy atom. The Bertz CT molecular complexity index is 297. The van der Waals surface area contributed by atoms with Gasteiger partial charge in [-0.3, -0.25) is 0 Å². The summed E-state index contributed by atoms with van der Waals surface area (Å²) in [5, 5.41) is 0. The summed E-state index contributed by atoms with van der Waals surface area (Å²) >= 11 is 0. The number of hydrogen-bond acceptors (Lipinski definition) is 1. The van der Waals surface area contributed by atoms with Gasteiger partial charge >= 0.3 is 0 Å². The zero-order valence-electron chi connectivity index (χ0n) is 15.6. The SMILES string of the molecule is C=C/C(=C\N=C(C(C)CC)N(CCC)CCC)CC.CC. The highest BCUT2D eigenvalue weighted by Crippen LogP contribution is 2.12. The molecule has 1 unspecified atom stereocenters. The Morgan fingerprint density at radius 2 is 1.62 bits per heavy atom. The molecule has 0 heterocycles. The molecule has 0 bridgehead atoms.